The van der Waals surface area contributed by atoms with Crippen LogP contribution in [-0.4, -0.2) is 19.6 Å². The van der Waals surface area contributed by atoms with Gasteiger partial charge >= 0.3 is 0 Å². The van der Waals surface area contributed by atoms with E-state index in [-0.39, 0.29) is 0 Å². The van der Waals surface area contributed by atoms with Crippen LogP contribution in [0.4, 0.5) is 0 Å². The Balaban J connectivity index is 3.05. The van der Waals surface area contributed by atoms with Gasteiger partial charge in [0, 0.05) is 0 Å². The van der Waals surface area contributed by atoms with Gasteiger partial charge in [0.2, 0.25) is 0 Å². The van der Waals surface area contributed by atoms with E-state index in [4.69, 9.17) is 29.7 Å². The number of rotatable bonds is 0. The maximum absolute atomic E-state index is 5.74. The highest BCUT2D eigenvalue weighted by molar-refractivity contribution is 7.71. The number of nitrogens with two attached hydrogens (primary N) is 1. The number of H-pyrrole nitrogens is 1. The van der Waals surface area contributed by atoms with E-state index in [0.29, 0.717) is 21.1 Å². The summed E-state index contributed by atoms with van der Waals surface area (Å²) >= 11 is 10.6. The number of aromatic amines is 1. The molecule has 2 aromatic heterocycles. The molecule has 0 spiro atoms. The fraction of sp³-hybridized carbons (Fsp3) is 0. The third-order valence-corrected chi connectivity index (χ3v) is 2.05. The lowest BCUT2D eigenvalue weighted by Gasteiger charge is -1.92. The fourth-order valence-corrected chi connectivity index (χ4v) is 1.27. The van der Waals surface area contributed by atoms with Crippen LogP contribution in [0, 0.1) is 4.77 Å². The van der Waals surface area contributed by atoms with Crippen molar-refractivity contribution in [3.05, 3.63) is 16.3 Å². The number of fused-ring (bicyclic) bond motifs is 1. The molecule has 0 bridgehead atoms. The van der Waals surface area contributed by atoms with Crippen molar-refractivity contribution >= 4 is 35.0 Å². The Hall–Kier alpha value is -1.14. The SMILES string of the molecule is Nn1c(=S)[nH]c2c(Cl)ncnc21. The van der Waals surface area contributed by atoms with Gasteiger partial charge in [0.25, 0.3) is 0 Å². The minimum atomic E-state index is 0.315. The van der Waals surface area contributed by atoms with Gasteiger partial charge in [-0.2, -0.15) is 0 Å². The lowest BCUT2D eigenvalue weighted by atomic mass is 10.6. The van der Waals surface area contributed by atoms with E-state index in [1.165, 1.54) is 11.0 Å². The Morgan fingerprint density at radius 3 is 3.00 bits per heavy atom. The zero-order chi connectivity index (χ0) is 8.72. The van der Waals surface area contributed by atoms with Gasteiger partial charge in [-0.25, -0.2) is 14.6 Å². The molecule has 0 fully saturated rings. The van der Waals surface area contributed by atoms with Crippen molar-refractivity contribution in [1.29, 1.82) is 0 Å². The van der Waals surface area contributed by atoms with Crippen molar-refractivity contribution in [1.82, 2.24) is 19.6 Å². The normalized spacial score (nSPS) is 10.8. The topological polar surface area (TPSA) is 72.5 Å². The van der Waals surface area contributed by atoms with Crippen molar-refractivity contribution in [3.8, 4) is 0 Å². The second-order valence-electron chi connectivity index (χ2n) is 2.16. The Morgan fingerprint density at radius 1 is 1.58 bits per heavy atom. The number of nitrogens with one attached hydrogen (secondary N) is 1. The quantitative estimate of drug-likeness (QED) is 0.377. The van der Waals surface area contributed by atoms with Gasteiger partial charge in [0.1, 0.15) is 11.8 Å². The Labute approximate surface area is 77.2 Å². The summed E-state index contributed by atoms with van der Waals surface area (Å²) in [6.45, 7) is 0. The molecule has 62 valence electrons. The molecule has 5 nitrogen and oxygen atoms in total. The summed E-state index contributed by atoms with van der Waals surface area (Å²) < 4.78 is 1.62. The van der Waals surface area contributed by atoms with Crippen LogP contribution in [0.3, 0.4) is 0 Å². The number of aromatic nitrogens is 4. The number of imidazole rings is 1. The molecule has 0 atom stereocenters. The molecule has 0 aliphatic carbocycles. The molecule has 2 heterocycles. The highest BCUT2D eigenvalue weighted by Crippen LogP contribution is 2.15. The van der Waals surface area contributed by atoms with Crippen molar-refractivity contribution in [2.45, 2.75) is 0 Å². The number of hydrogen-bond donors (Lipinski definition) is 2. The molecule has 0 aliphatic rings. The smallest absolute Gasteiger partial charge is 0.198 e. The molecule has 0 aliphatic heterocycles. The molecule has 7 heteroatoms. The predicted molar refractivity (Wildman–Crippen MR) is 47.9 cm³/mol. The van der Waals surface area contributed by atoms with Gasteiger partial charge in [-0.1, -0.05) is 11.6 Å². The standard InChI is InChI=1S/C5H4ClN5S/c6-3-2-4(9-1-8-3)11(7)5(12)10-2/h1H,7H2,(H,10,12). The third kappa shape index (κ3) is 0.886. The first-order valence-electron chi connectivity index (χ1n) is 3.06. The molecule has 0 aromatic carbocycles. The molecule has 0 unspecified atom stereocenters. The minimum absolute atomic E-state index is 0.315. The van der Waals surface area contributed by atoms with Gasteiger partial charge in [-0.3, -0.25) is 0 Å². The van der Waals surface area contributed by atoms with Gasteiger partial charge in [0.05, 0.1) is 0 Å². The Kier molecular flexibility index (Phi) is 1.52. The first-order chi connectivity index (χ1) is 5.70. The number of hydrogen-bond acceptors (Lipinski definition) is 4. The van der Waals surface area contributed by atoms with Crippen molar-refractivity contribution < 1.29 is 0 Å². The van der Waals surface area contributed by atoms with Gasteiger partial charge in [0.15, 0.2) is 15.6 Å². The van der Waals surface area contributed by atoms with Crippen LogP contribution in [-0.2, 0) is 0 Å². The summed E-state index contributed by atoms with van der Waals surface area (Å²) in [5.41, 5.74) is 1.06. The summed E-state index contributed by atoms with van der Waals surface area (Å²) in [4.78, 5) is 10.5. The zero-order valence-electron chi connectivity index (χ0n) is 5.78. The average Bonchev–Trinajstić information content (AvgIpc) is 2.32. The van der Waals surface area contributed by atoms with Crippen LogP contribution in [0.15, 0.2) is 6.33 Å². The molecule has 12 heavy (non-hydrogen) atoms. The van der Waals surface area contributed by atoms with Gasteiger partial charge < -0.3 is 10.8 Å². The van der Waals surface area contributed by atoms with Gasteiger partial charge in [-0.05, 0) is 12.2 Å². The van der Waals surface area contributed by atoms with E-state index in [1.807, 2.05) is 0 Å². The van der Waals surface area contributed by atoms with Crippen LogP contribution in [0.2, 0.25) is 5.15 Å². The van der Waals surface area contributed by atoms with E-state index in [1.54, 1.807) is 0 Å². The van der Waals surface area contributed by atoms with Crippen LogP contribution in [0.25, 0.3) is 11.2 Å². The first kappa shape index (κ1) is 7.51. The second kappa shape index (κ2) is 2.43. The predicted octanol–water partition coefficient (Wildman–Crippen LogP) is 0.856. The number of nitrogens with zero attached hydrogens (tertiary/aromatic N) is 3. The lowest BCUT2D eigenvalue weighted by Crippen LogP contribution is -2.08. The molecule has 0 radical (unpaired) electrons. The fourth-order valence-electron chi connectivity index (χ4n) is 0.909. The molecular weight excluding hydrogens is 198 g/mol. The largest absolute Gasteiger partial charge is 0.335 e. The molecular formula is C5H4ClN5S. The monoisotopic (exact) mass is 201 g/mol. The highest BCUT2D eigenvalue weighted by atomic mass is 35.5. The summed E-state index contributed by atoms with van der Waals surface area (Å²) in [5.74, 6) is 5.54. The van der Waals surface area contributed by atoms with Crippen LogP contribution in [0.1, 0.15) is 0 Å². The average molecular weight is 202 g/mol. The molecule has 3 N–H and O–H groups in total. The second-order valence-corrected chi connectivity index (χ2v) is 2.91. The molecule has 0 saturated heterocycles. The lowest BCUT2D eigenvalue weighted by molar-refractivity contribution is 0.988. The van der Waals surface area contributed by atoms with Crippen LogP contribution >= 0.6 is 23.8 Å². The number of nitrogen functional groups attached to an aromatic ring is 1. The van der Waals surface area contributed by atoms with E-state index in [9.17, 15) is 0 Å². The summed E-state index contributed by atoms with van der Waals surface area (Å²) in [6, 6.07) is 0. The van der Waals surface area contributed by atoms with Gasteiger partial charge in [-0.15, -0.1) is 0 Å². The molecule has 2 rings (SSSR count). The summed E-state index contributed by atoms with van der Waals surface area (Å²) in [6.07, 6.45) is 1.33. The third-order valence-electron chi connectivity index (χ3n) is 1.46. The highest BCUT2D eigenvalue weighted by Gasteiger charge is 2.06. The molecule has 0 amide bonds. The maximum Gasteiger partial charge on any atom is 0.198 e. The first-order valence-corrected chi connectivity index (χ1v) is 3.85. The summed E-state index contributed by atoms with van der Waals surface area (Å²) in [7, 11) is 0. The van der Waals surface area contributed by atoms with Crippen molar-refractivity contribution in [2.24, 2.45) is 0 Å². The maximum atomic E-state index is 5.74. The van der Waals surface area contributed by atoms with Crippen LogP contribution in [0.5, 0.6) is 0 Å². The van der Waals surface area contributed by atoms with E-state index in [2.05, 4.69) is 15.0 Å². The van der Waals surface area contributed by atoms with E-state index >= 15 is 0 Å². The zero-order valence-corrected chi connectivity index (χ0v) is 7.35. The minimum Gasteiger partial charge on any atom is -0.335 e. The Morgan fingerprint density at radius 2 is 2.33 bits per heavy atom. The molecule has 2 aromatic rings. The summed E-state index contributed by atoms with van der Waals surface area (Å²) in [5, 5.41) is 0.315. The number of halogens is 1. The van der Waals surface area contributed by atoms with Crippen molar-refractivity contribution in [2.75, 3.05) is 5.84 Å². The van der Waals surface area contributed by atoms with E-state index < -0.39 is 0 Å². The van der Waals surface area contributed by atoms with E-state index in [0.717, 1.165) is 0 Å². The van der Waals surface area contributed by atoms with Crippen LogP contribution < -0.4 is 5.84 Å². The Bertz CT molecular complexity index is 486. The molecule has 0 saturated carbocycles. The van der Waals surface area contributed by atoms with Crippen molar-refractivity contribution in [3.63, 3.8) is 0 Å².